The maximum Gasteiger partial charge on any atom is 0.225 e. The lowest BCUT2D eigenvalue weighted by Gasteiger charge is -2.35. The first kappa shape index (κ1) is 19.1. The molecule has 7 heteroatoms. The minimum atomic E-state index is 0.0412. The maximum atomic E-state index is 12.4. The molecule has 0 spiro atoms. The normalized spacial score (nSPS) is 14.7. The molecule has 0 atom stereocenters. The second-order valence-corrected chi connectivity index (χ2v) is 6.86. The van der Waals surface area contributed by atoms with Crippen LogP contribution in [0, 0.1) is 5.92 Å². The highest BCUT2D eigenvalue weighted by Crippen LogP contribution is 2.11. The summed E-state index contributed by atoms with van der Waals surface area (Å²) in [5.41, 5.74) is 0. The summed E-state index contributed by atoms with van der Waals surface area (Å²) in [6.45, 7) is 9.88. The third kappa shape index (κ3) is 5.99. The van der Waals surface area contributed by atoms with Crippen molar-refractivity contribution < 1.29 is 9.59 Å². The van der Waals surface area contributed by atoms with Crippen LogP contribution in [0.5, 0.6) is 0 Å². The van der Waals surface area contributed by atoms with Crippen molar-refractivity contribution in [3.8, 4) is 0 Å². The van der Waals surface area contributed by atoms with Gasteiger partial charge in [-0.2, -0.15) is 0 Å². The van der Waals surface area contributed by atoms with Crippen molar-refractivity contribution in [1.29, 1.82) is 0 Å². The molecule has 0 unspecified atom stereocenters. The summed E-state index contributed by atoms with van der Waals surface area (Å²) in [6.07, 6.45) is 4.81. The van der Waals surface area contributed by atoms with E-state index in [4.69, 9.17) is 0 Å². The van der Waals surface area contributed by atoms with Gasteiger partial charge in [-0.05, 0) is 18.4 Å². The molecule has 2 amide bonds. The summed E-state index contributed by atoms with van der Waals surface area (Å²) in [7, 11) is 0. The Morgan fingerprint density at radius 3 is 2.32 bits per heavy atom. The fourth-order valence-corrected chi connectivity index (χ4v) is 2.84. The van der Waals surface area contributed by atoms with Crippen LogP contribution in [-0.4, -0.2) is 70.9 Å². The molecule has 1 fully saturated rings. The second kappa shape index (κ2) is 9.34. The van der Waals surface area contributed by atoms with Gasteiger partial charge in [0.2, 0.25) is 17.8 Å². The Kier molecular flexibility index (Phi) is 7.16. The molecule has 0 aromatic carbocycles. The quantitative estimate of drug-likeness (QED) is 0.746. The molecule has 2 heterocycles. The highest BCUT2D eigenvalue weighted by atomic mass is 16.2. The minimum absolute atomic E-state index is 0.0412. The second-order valence-electron chi connectivity index (χ2n) is 6.86. The Morgan fingerprint density at radius 2 is 1.76 bits per heavy atom. The van der Waals surface area contributed by atoms with Gasteiger partial charge in [0.05, 0.1) is 0 Å². The first-order chi connectivity index (χ1) is 12.0. The lowest BCUT2D eigenvalue weighted by molar-refractivity contribution is -0.133. The summed E-state index contributed by atoms with van der Waals surface area (Å²) in [5, 5.41) is 0. The zero-order valence-electron chi connectivity index (χ0n) is 15.5. The van der Waals surface area contributed by atoms with Crippen LogP contribution in [0.15, 0.2) is 18.5 Å². The summed E-state index contributed by atoms with van der Waals surface area (Å²) in [4.78, 5) is 38.4. The van der Waals surface area contributed by atoms with Crippen LogP contribution in [0.3, 0.4) is 0 Å². The Morgan fingerprint density at radius 1 is 1.12 bits per heavy atom. The van der Waals surface area contributed by atoms with Crippen LogP contribution in [0.4, 0.5) is 5.95 Å². The van der Waals surface area contributed by atoms with Crippen molar-refractivity contribution in [2.24, 2.45) is 5.92 Å². The van der Waals surface area contributed by atoms with E-state index in [-0.39, 0.29) is 11.8 Å². The fraction of sp³-hybridized carbons (Fsp3) is 0.667. The summed E-state index contributed by atoms with van der Waals surface area (Å²) < 4.78 is 0. The lowest BCUT2D eigenvalue weighted by Crippen LogP contribution is -2.49. The molecule has 0 aliphatic carbocycles. The Hall–Kier alpha value is -2.18. The molecule has 1 saturated heterocycles. The van der Waals surface area contributed by atoms with Crippen molar-refractivity contribution in [2.45, 2.75) is 33.6 Å². The van der Waals surface area contributed by atoms with Crippen molar-refractivity contribution in [3.05, 3.63) is 18.5 Å². The summed E-state index contributed by atoms with van der Waals surface area (Å²) >= 11 is 0. The zero-order chi connectivity index (χ0) is 18.2. The van der Waals surface area contributed by atoms with Gasteiger partial charge in [-0.3, -0.25) is 9.59 Å². The third-order valence-corrected chi connectivity index (χ3v) is 4.48. The number of hydrogen-bond acceptors (Lipinski definition) is 5. The molecular weight excluding hydrogens is 318 g/mol. The molecule has 0 bridgehead atoms. The summed E-state index contributed by atoms with van der Waals surface area (Å²) in [6, 6.07) is 1.79. The van der Waals surface area contributed by atoms with E-state index in [1.165, 1.54) is 0 Å². The van der Waals surface area contributed by atoms with E-state index in [2.05, 4.69) is 28.7 Å². The largest absolute Gasteiger partial charge is 0.342 e. The van der Waals surface area contributed by atoms with Crippen LogP contribution in [0.25, 0.3) is 0 Å². The average Bonchev–Trinajstić information content (AvgIpc) is 2.62. The van der Waals surface area contributed by atoms with Gasteiger partial charge in [0, 0.05) is 65.0 Å². The van der Waals surface area contributed by atoms with E-state index in [0.29, 0.717) is 37.9 Å². The maximum absolute atomic E-state index is 12.4. The molecule has 1 aromatic heterocycles. The number of nitrogens with zero attached hydrogens (tertiary/aromatic N) is 5. The molecule has 2 rings (SSSR count). The van der Waals surface area contributed by atoms with Gasteiger partial charge >= 0.3 is 0 Å². The van der Waals surface area contributed by atoms with Crippen molar-refractivity contribution in [1.82, 2.24) is 19.8 Å². The van der Waals surface area contributed by atoms with Crippen molar-refractivity contribution in [2.75, 3.05) is 44.2 Å². The first-order valence-electron chi connectivity index (χ1n) is 9.02. The van der Waals surface area contributed by atoms with Gasteiger partial charge < -0.3 is 14.7 Å². The van der Waals surface area contributed by atoms with E-state index in [9.17, 15) is 9.59 Å². The van der Waals surface area contributed by atoms with Gasteiger partial charge in [0.25, 0.3) is 0 Å². The minimum Gasteiger partial charge on any atom is -0.342 e. The molecule has 1 aliphatic rings. The topological polar surface area (TPSA) is 69.6 Å². The number of carbonyl (C=O) groups is 2. The highest BCUT2D eigenvalue weighted by molar-refractivity contribution is 5.78. The van der Waals surface area contributed by atoms with Crippen LogP contribution in [-0.2, 0) is 9.59 Å². The predicted molar refractivity (Wildman–Crippen MR) is 97.2 cm³/mol. The van der Waals surface area contributed by atoms with Gasteiger partial charge in [-0.15, -0.1) is 0 Å². The molecule has 1 aromatic rings. The number of aromatic nitrogens is 2. The van der Waals surface area contributed by atoms with E-state index in [1.807, 2.05) is 4.90 Å². The van der Waals surface area contributed by atoms with Crippen LogP contribution in [0.1, 0.15) is 33.6 Å². The Labute approximate surface area is 150 Å². The van der Waals surface area contributed by atoms with Crippen molar-refractivity contribution in [3.63, 3.8) is 0 Å². The van der Waals surface area contributed by atoms with Crippen LogP contribution in [0.2, 0.25) is 0 Å². The predicted octanol–water partition coefficient (Wildman–Crippen LogP) is 1.41. The number of piperazine rings is 1. The number of rotatable bonds is 7. The molecule has 0 radical (unpaired) electrons. The van der Waals surface area contributed by atoms with E-state index in [0.717, 1.165) is 26.1 Å². The number of amides is 2. The first-order valence-corrected chi connectivity index (χ1v) is 9.02. The molecule has 25 heavy (non-hydrogen) atoms. The molecule has 1 aliphatic heterocycles. The molecule has 7 nitrogen and oxygen atoms in total. The smallest absolute Gasteiger partial charge is 0.225 e. The van der Waals surface area contributed by atoms with E-state index >= 15 is 0 Å². The number of carbonyl (C=O) groups excluding carboxylic acids is 2. The molecule has 0 saturated carbocycles. The van der Waals surface area contributed by atoms with E-state index in [1.54, 1.807) is 30.3 Å². The SMILES string of the molecule is CC(=O)N(CCC(=O)N1CCN(c2ncccn2)CC1)CCC(C)C. The summed E-state index contributed by atoms with van der Waals surface area (Å²) in [5.74, 6) is 1.42. The van der Waals surface area contributed by atoms with Crippen molar-refractivity contribution >= 4 is 17.8 Å². The number of hydrogen-bond donors (Lipinski definition) is 0. The van der Waals surface area contributed by atoms with Gasteiger partial charge in [-0.25, -0.2) is 9.97 Å². The standard InChI is InChI=1S/C18H29N5O2/c1-15(2)5-9-21(16(3)24)10-6-17(25)22-11-13-23(14-12-22)18-19-7-4-8-20-18/h4,7-8,15H,5-6,9-14H2,1-3H3. The average molecular weight is 347 g/mol. The van der Waals surface area contributed by atoms with Gasteiger partial charge in [0.15, 0.2) is 0 Å². The third-order valence-electron chi connectivity index (χ3n) is 4.48. The van der Waals surface area contributed by atoms with E-state index < -0.39 is 0 Å². The van der Waals surface area contributed by atoms with Crippen LogP contribution >= 0.6 is 0 Å². The van der Waals surface area contributed by atoms with Gasteiger partial charge in [-0.1, -0.05) is 13.8 Å². The molecular formula is C18H29N5O2. The molecule has 138 valence electrons. The zero-order valence-corrected chi connectivity index (χ0v) is 15.5. The van der Waals surface area contributed by atoms with Crippen LogP contribution < -0.4 is 4.90 Å². The van der Waals surface area contributed by atoms with Gasteiger partial charge in [0.1, 0.15) is 0 Å². The number of anilines is 1. The fourth-order valence-electron chi connectivity index (χ4n) is 2.84. The molecule has 0 N–H and O–H groups in total. The Bertz CT molecular complexity index is 556. The highest BCUT2D eigenvalue weighted by Gasteiger charge is 2.23. The lowest BCUT2D eigenvalue weighted by atomic mass is 10.1. The monoisotopic (exact) mass is 347 g/mol. The Balaban J connectivity index is 1.77.